The molecule has 0 spiro atoms. The highest BCUT2D eigenvalue weighted by atomic mass is 32.2. The Morgan fingerprint density at radius 3 is 2.83 bits per heavy atom. The number of rotatable bonds is 5. The second kappa shape index (κ2) is 7.05. The number of amides is 1. The summed E-state index contributed by atoms with van der Waals surface area (Å²) < 4.78 is 0. The largest absolute Gasteiger partial charge is 0.344 e. The molecule has 0 aromatic carbocycles. The average molecular weight is 185 g/mol. The topological polar surface area (TPSA) is 29.1 Å². The molecule has 0 aromatic rings. The van der Waals surface area contributed by atoms with Crippen LogP contribution in [0.15, 0.2) is 0 Å². The fourth-order valence-corrected chi connectivity index (χ4v) is 1.46. The maximum absolute atomic E-state index is 11.0. The SMILES string of the molecule is C#CCNC(=O)CSCC(C)C. The van der Waals surface area contributed by atoms with Crippen LogP contribution in [0.5, 0.6) is 0 Å². The summed E-state index contributed by atoms with van der Waals surface area (Å²) in [6.07, 6.45) is 4.98. The van der Waals surface area contributed by atoms with Gasteiger partial charge in [0.25, 0.3) is 0 Å². The molecule has 12 heavy (non-hydrogen) atoms. The number of hydrogen-bond donors (Lipinski definition) is 1. The summed E-state index contributed by atoms with van der Waals surface area (Å²) in [5, 5.41) is 2.61. The predicted molar refractivity (Wildman–Crippen MR) is 54.0 cm³/mol. The maximum Gasteiger partial charge on any atom is 0.230 e. The Bertz CT molecular complexity index is 172. The summed E-state index contributed by atoms with van der Waals surface area (Å²) in [6, 6.07) is 0. The minimum absolute atomic E-state index is 0.0265. The van der Waals surface area contributed by atoms with Gasteiger partial charge in [-0.05, 0) is 11.7 Å². The third-order valence-electron chi connectivity index (χ3n) is 1.07. The van der Waals surface area contributed by atoms with Crippen molar-refractivity contribution in [1.82, 2.24) is 5.32 Å². The van der Waals surface area contributed by atoms with Crippen molar-refractivity contribution >= 4 is 17.7 Å². The molecule has 3 heteroatoms. The van der Waals surface area contributed by atoms with Crippen molar-refractivity contribution in [2.45, 2.75) is 13.8 Å². The highest BCUT2D eigenvalue weighted by molar-refractivity contribution is 7.99. The van der Waals surface area contributed by atoms with Crippen LogP contribution in [-0.2, 0) is 4.79 Å². The lowest BCUT2D eigenvalue weighted by Gasteiger charge is -2.03. The van der Waals surface area contributed by atoms with E-state index in [1.54, 1.807) is 11.8 Å². The summed E-state index contributed by atoms with van der Waals surface area (Å²) in [5.74, 6) is 4.55. The van der Waals surface area contributed by atoms with Crippen molar-refractivity contribution in [1.29, 1.82) is 0 Å². The van der Waals surface area contributed by atoms with Crippen LogP contribution in [-0.4, -0.2) is 24.0 Å². The zero-order valence-electron chi connectivity index (χ0n) is 7.59. The predicted octanol–water partition coefficient (Wildman–Crippen LogP) is 1.12. The molecule has 0 aliphatic carbocycles. The van der Waals surface area contributed by atoms with Gasteiger partial charge >= 0.3 is 0 Å². The van der Waals surface area contributed by atoms with E-state index in [9.17, 15) is 4.79 Å². The van der Waals surface area contributed by atoms with Crippen molar-refractivity contribution in [2.24, 2.45) is 5.92 Å². The molecule has 0 rings (SSSR count). The molecule has 0 aliphatic heterocycles. The Morgan fingerprint density at radius 2 is 2.33 bits per heavy atom. The zero-order valence-corrected chi connectivity index (χ0v) is 8.41. The molecule has 0 fully saturated rings. The van der Waals surface area contributed by atoms with E-state index < -0.39 is 0 Å². The molecule has 0 bridgehead atoms. The first-order chi connectivity index (χ1) is 5.66. The molecule has 1 amide bonds. The van der Waals surface area contributed by atoms with E-state index in [1.165, 1.54) is 0 Å². The van der Waals surface area contributed by atoms with Gasteiger partial charge in [0.2, 0.25) is 5.91 Å². The van der Waals surface area contributed by atoms with Crippen molar-refractivity contribution in [3.05, 3.63) is 0 Å². The Morgan fingerprint density at radius 1 is 1.67 bits per heavy atom. The molecular formula is C9H15NOS. The second-order valence-corrected chi connectivity index (χ2v) is 3.92. The first kappa shape index (κ1) is 11.4. The highest BCUT2D eigenvalue weighted by Crippen LogP contribution is 2.06. The van der Waals surface area contributed by atoms with E-state index in [1.807, 2.05) is 0 Å². The number of thioether (sulfide) groups is 1. The molecule has 0 atom stereocenters. The highest BCUT2D eigenvalue weighted by Gasteiger charge is 2.00. The van der Waals surface area contributed by atoms with Crippen LogP contribution < -0.4 is 5.32 Å². The number of hydrogen-bond acceptors (Lipinski definition) is 2. The molecule has 0 radical (unpaired) electrons. The van der Waals surface area contributed by atoms with E-state index in [4.69, 9.17) is 6.42 Å². The third kappa shape index (κ3) is 7.49. The van der Waals surface area contributed by atoms with Crippen LogP contribution in [0, 0.1) is 18.3 Å². The van der Waals surface area contributed by atoms with E-state index in [2.05, 4.69) is 25.1 Å². The zero-order chi connectivity index (χ0) is 9.40. The van der Waals surface area contributed by atoms with Gasteiger partial charge < -0.3 is 5.32 Å². The van der Waals surface area contributed by atoms with Gasteiger partial charge in [-0.15, -0.1) is 6.42 Å². The quantitative estimate of drug-likeness (QED) is 0.650. The van der Waals surface area contributed by atoms with Crippen LogP contribution in [0.3, 0.4) is 0 Å². The fourth-order valence-electron chi connectivity index (χ4n) is 0.588. The average Bonchev–Trinajstić information content (AvgIpc) is 2.00. The molecule has 0 aliphatic rings. The Labute approximate surface area is 78.5 Å². The first-order valence-electron chi connectivity index (χ1n) is 3.94. The van der Waals surface area contributed by atoms with Crippen LogP contribution in [0.1, 0.15) is 13.8 Å². The Kier molecular flexibility index (Phi) is 6.69. The van der Waals surface area contributed by atoms with Gasteiger partial charge in [0.15, 0.2) is 0 Å². The van der Waals surface area contributed by atoms with E-state index >= 15 is 0 Å². The van der Waals surface area contributed by atoms with E-state index in [0.717, 1.165) is 5.75 Å². The van der Waals surface area contributed by atoms with Gasteiger partial charge in [-0.3, -0.25) is 4.79 Å². The summed E-state index contributed by atoms with van der Waals surface area (Å²) >= 11 is 1.64. The lowest BCUT2D eigenvalue weighted by atomic mass is 10.3. The van der Waals surface area contributed by atoms with Crippen LogP contribution in [0.4, 0.5) is 0 Å². The number of nitrogens with one attached hydrogen (secondary N) is 1. The summed E-state index contributed by atoms with van der Waals surface area (Å²) in [5.41, 5.74) is 0. The van der Waals surface area contributed by atoms with Crippen LogP contribution >= 0.6 is 11.8 Å². The van der Waals surface area contributed by atoms with E-state index in [0.29, 0.717) is 18.2 Å². The fraction of sp³-hybridized carbons (Fsp3) is 0.667. The normalized spacial score (nSPS) is 9.50. The molecule has 0 saturated heterocycles. The van der Waals surface area contributed by atoms with Gasteiger partial charge in [0.1, 0.15) is 0 Å². The second-order valence-electron chi connectivity index (χ2n) is 2.89. The monoisotopic (exact) mass is 185 g/mol. The van der Waals surface area contributed by atoms with Crippen molar-refractivity contribution in [2.75, 3.05) is 18.1 Å². The lowest BCUT2D eigenvalue weighted by Crippen LogP contribution is -2.25. The minimum atomic E-state index is 0.0265. The molecule has 0 unspecified atom stereocenters. The molecule has 0 heterocycles. The molecule has 0 aromatic heterocycles. The number of carbonyl (C=O) groups excluding carboxylic acids is 1. The Balaban J connectivity index is 3.27. The van der Waals surface area contributed by atoms with E-state index in [-0.39, 0.29) is 5.91 Å². The number of terminal acetylenes is 1. The number of carbonyl (C=O) groups is 1. The van der Waals surface area contributed by atoms with Crippen LogP contribution in [0.2, 0.25) is 0 Å². The van der Waals surface area contributed by atoms with Crippen molar-refractivity contribution in [3.8, 4) is 12.3 Å². The van der Waals surface area contributed by atoms with Gasteiger partial charge in [0, 0.05) is 0 Å². The molecular weight excluding hydrogens is 170 g/mol. The van der Waals surface area contributed by atoms with Crippen molar-refractivity contribution < 1.29 is 4.79 Å². The van der Waals surface area contributed by atoms with Crippen LogP contribution in [0.25, 0.3) is 0 Å². The smallest absolute Gasteiger partial charge is 0.230 e. The molecule has 1 N–H and O–H groups in total. The van der Waals surface area contributed by atoms with Gasteiger partial charge in [-0.25, -0.2) is 0 Å². The summed E-state index contributed by atoms with van der Waals surface area (Å²) in [7, 11) is 0. The van der Waals surface area contributed by atoms with Crippen molar-refractivity contribution in [3.63, 3.8) is 0 Å². The Hall–Kier alpha value is -0.620. The molecule has 2 nitrogen and oxygen atoms in total. The van der Waals surface area contributed by atoms with Gasteiger partial charge in [0.05, 0.1) is 12.3 Å². The summed E-state index contributed by atoms with van der Waals surface area (Å²) in [6.45, 7) is 4.60. The third-order valence-corrected chi connectivity index (χ3v) is 2.44. The maximum atomic E-state index is 11.0. The van der Waals surface area contributed by atoms with Gasteiger partial charge in [-0.2, -0.15) is 11.8 Å². The standard InChI is InChI=1S/C9H15NOS/c1-4-5-10-9(11)7-12-6-8(2)3/h1,8H,5-7H2,2-3H3,(H,10,11). The van der Waals surface area contributed by atoms with Gasteiger partial charge in [-0.1, -0.05) is 19.8 Å². The lowest BCUT2D eigenvalue weighted by molar-refractivity contribution is -0.118. The molecule has 68 valence electrons. The summed E-state index contributed by atoms with van der Waals surface area (Å²) in [4.78, 5) is 11.0. The first-order valence-corrected chi connectivity index (χ1v) is 5.10. The molecule has 0 saturated carbocycles. The minimum Gasteiger partial charge on any atom is -0.344 e.